The van der Waals surface area contributed by atoms with Crippen molar-refractivity contribution < 1.29 is 0 Å². The molecule has 0 aromatic carbocycles. The summed E-state index contributed by atoms with van der Waals surface area (Å²) in [7, 11) is 3.41. The molecule has 0 aromatic rings. The van der Waals surface area contributed by atoms with Gasteiger partial charge in [0.2, 0.25) is 0 Å². The number of thioether (sulfide) groups is 2. The first-order valence-electron chi connectivity index (χ1n) is 4.40. The topological polar surface area (TPSA) is 76.8 Å². The van der Waals surface area contributed by atoms with Crippen LogP contribution in [0, 0.1) is 0 Å². The van der Waals surface area contributed by atoms with Gasteiger partial charge in [0, 0.05) is 25.6 Å². The zero-order valence-electron chi connectivity index (χ0n) is 9.10. The van der Waals surface area contributed by atoms with Crippen molar-refractivity contribution in [2.24, 2.45) is 21.5 Å². The van der Waals surface area contributed by atoms with E-state index >= 15 is 0 Å². The fraction of sp³-hybridized carbons (Fsp3) is 0.750. The molecular weight excluding hydrogens is 296 g/mol. The molecule has 90 valence electrons. The summed E-state index contributed by atoms with van der Waals surface area (Å²) >= 11 is 3.20. The summed E-state index contributed by atoms with van der Waals surface area (Å²) in [6.07, 6.45) is 2.26. The highest BCUT2D eigenvalue weighted by atomic mass is 79.9. The van der Waals surface area contributed by atoms with E-state index in [9.17, 15) is 0 Å². The molecule has 0 atom stereocenters. The molecule has 0 fully saturated rings. The first kappa shape index (κ1) is 17.5. The lowest BCUT2D eigenvalue weighted by atomic mass is 10.4. The van der Waals surface area contributed by atoms with E-state index in [1.165, 1.54) is 0 Å². The quantitative estimate of drug-likeness (QED) is 0.460. The Balaban J connectivity index is 0. The molecule has 0 aromatic heterocycles. The summed E-state index contributed by atoms with van der Waals surface area (Å²) in [5.74, 6) is 2.04. The van der Waals surface area contributed by atoms with Gasteiger partial charge in [0.15, 0.2) is 10.3 Å². The largest absolute Gasteiger partial charge is 0.379 e. The number of nitrogens with zero attached hydrogens (tertiary/aromatic N) is 2. The second kappa shape index (κ2) is 12.2. The lowest BCUT2D eigenvalue weighted by Crippen LogP contribution is -2.08. The van der Waals surface area contributed by atoms with Gasteiger partial charge in [-0.05, 0) is 12.8 Å². The van der Waals surface area contributed by atoms with E-state index in [1.54, 1.807) is 37.6 Å². The van der Waals surface area contributed by atoms with Crippen LogP contribution in [0.4, 0.5) is 0 Å². The lowest BCUT2D eigenvalue weighted by Gasteiger charge is -2.00. The molecule has 0 aliphatic rings. The van der Waals surface area contributed by atoms with Crippen LogP contribution >= 0.6 is 40.5 Å². The molecule has 0 bridgehead atoms. The standard InChI is InChI=1S/C8H18N4S2.BrH/c1-11-7(9)13-5-3-4-6-14-8(10)12-2;/h3-6H2,1-2H3,(H2,9,11)(H2,10,12);1H. The van der Waals surface area contributed by atoms with E-state index in [1.807, 2.05) is 0 Å². The van der Waals surface area contributed by atoms with Crippen molar-refractivity contribution >= 4 is 50.8 Å². The molecule has 0 unspecified atom stereocenters. The Kier molecular flexibility index (Phi) is 14.2. The zero-order valence-corrected chi connectivity index (χ0v) is 12.4. The number of rotatable bonds is 5. The fourth-order valence-corrected chi connectivity index (χ4v) is 2.06. The SMILES string of the molecule is Br.CN=C(N)SCCCCSC(N)=NC. The Morgan fingerprint density at radius 2 is 1.27 bits per heavy atom. The van der Waals surface area contributed by atoms with Gasteiger partial charge >= 0.3 is 0 Å². The van der Waals surface area contributed by atoms with Crippen LogP contribution in [-0.2, 0) is 0 Å². The molecular formula is C8H19BrN4S2. The van der Waals surface area contributed by atoms with Crippen LogP contribution in [0.5, 0.6) is 0 Å². The molecule has 4 N–H and O–H groups in total. The molecule has 0 rings (SSSR count). The van der Waals surface area contributed by atoms with Gasteiger partial charge < -0.3 is 11.5 Å². The highest BCUT2D eigenvalue weighted by Gasteiger charge is 1.95. The van der Waals surface area contributed by atoms with Crippen LogP contribution in [0.25, 0.3) is 0 Å². The Morgan fingerprint density at radius 1 is 0.933 bits per heavy atom. The number of unbranched alkanes of at least 4 members (excludes halogenated alkanes) is 1. The maximum absolute atomic E-state index is 5.53. The minimum Gasteiger partial charge on any atom is -0.379 e. The smallest absolute Gasteiger partial charge is 0.153 e. The number of aliphatic imine (C=N–C) groups is 2. The fourth-order valence-electron chi connectivity index (χ4n) is 0.687. The average molecular weight is 315 g/mol. The maximum atomic E-state index is 5.53. The average Bonchev–Trinajstić information content (AvgIpc) is 2.22. The summed E-state index contributed by atoms with van der Waals surface area (Å²) in [5, 5.41) is 1.32. The van der Waals surface area contributed by atoms with Crippen molar-refractivity contribution in [2.75, 3.05) is 25.6 Å². The van der Waals surface area contributed by atoms with Gasteiger partial charge in [0.05, 0.1) is 0 Å². The van der Waals surface area contributed by atoms with Crippen molar-refractivity contribution in [2.45, 2.75) is 12.8 Å². The van der Waals surface area contributed by atoms with E-state index in [0.29, 0.717) is 10.3 Å². The van der Waals surface area contributed by atoms with Crippen molar-refractivity contribution in [3.8, 4) is 0 Å². The van der Waals surface area contributed by atoms with Crippen LogP contribution in [0.2, 0.25) is 0 Å². The number of hydrogen-bond donors (Lipinski definition) is 2. The predicted octanol–water partition coefficient (Wildman–Crippen LogP) is 1.70. The predicted molar refractivity (Wildman–Crippen MR) is 79.6 cm³/mol. The van der Waals surface area contributed by atoms with E-state index in [-0.39, 0.29) is 17.0 Å². The normalized spacial score (nSPS) is 12.4. The minimum absolute atomic E-state index is 0. The number of nitrogens with two attached hydrogens (primary N) is 2. The summed E-state index contributed by atoms with van der Waals surface area (Å²) in [6.45, 7) is 0. The van der Waals surface area contributed by atoms with Crippen molar-refractivity contribution in [3.63, 3.8) is 0 Å². The molecule has 7 heteroatoms. The second-order valence-electron chi connectivity index (χ2n) is 2.53. The number of hydrogen-bond acceptors (Lipinski definition) is 4. The molecule has 15 heavy (non-hydrogen) atoms. The van der Waals surface area contributed by atoms with Gasteiger partial charge in [-0.3, -0.25) is 9.98 Å². The molecule has 0 saturated heterocycles. The Hall–Kier alpha value is 0.120. The van der Waals surface area contributed by atoms with Crippen LogP contribution in [0.1, 0.15) is 12.8 Å². The Morgan fingerprint density at radius 3 is 1.53 bits per heavy atom. The highest BCUT2D eigenvalue weighted by Crippen LogP contribution is 2.08. The third kappa shape index (κ3) is 12.0. The lowest BCUT2D eigenvalue weighted by molar-refractivity contribution is 0.910. The van der Waals surface area contributed by atoms with E-state index in [2.05, 4.69) is 9.98 Å². The molecule has 0 saturated carbocycles. The highest BCUT2D eigenvalue weighted by molar-refractivity contribution is 8.93. The van der Waals surface area contributed by atoms with Gasteiger partial charge in [-0.25, -0.2) is 0 Å². The Labute approximate surface area is 111 Å². The summed E-state index contributed by atoms with van der Waals surface area (Å²) < 4.78 is 0. The van der Waals surface area contributed by atoms with Crippen LogP contribution in [0.15, 0.2) is 9.98 Å². The molecule has 0 amide bonds. The van der Waals surface area contributed by atoms with E-state index < -0.39 is 0 Å². The van der Waals surface area contributed by atoms with Crippen molar-refractivity contribution in [1.82, 2.24) is 0 Å². The van der Waals surface area contributed by atoms with Crippen LogP contribution in [-0.4, -0.2) is 35.9 Å². The minimum atomic E-state index is 0. The van der Waals surface area contributed by atoms with Gasteiger partial charge in [0.25, 0.3) is 0 Å². The monoisotopic (exact) mass is 314 g/mol. The molecule has 0 aliphatic heterocycles. The molecule has 0 heterocycles. The Bertz CT molecular complexity index is 187. The molecule has 0 radical (unpaired) electrons. The first-order valence-corrected chi connectivity index (χ1v) is 6.38. The number of halogens is 1. The molecule has 0 spiro atoms. The van der Waals surface area contributed by atoms with Gasteiger partial charge in [-0.1, -0.05) is 23.5 Å². The van der Waals surface area contributed by atoms with Crippen molar-refractivity contribution in [1.29, 1.82) is 0 Å². The van der Waals surface area contributed by atoms with Crippen LogP contribution < -0.4 is 11.5 Å². The van der Waals surface area contributed by atoms with E-state index in [0.717, 1.165) is 24.3 Å². The molecule has 0 aliphatic carbocycles. The third-order valence-electron chi connectivity index (χ3n) is 1.48. The summed E-state index contributed by atoms with van der Waals surface area (Å²) in [5.41, 5.74) is 11.1. The zero-order chi connectivity index (χ0) is 10.8. The summed E-state index contributed by atoms with van der Waals surface area (Å²) in [6, 6.07) is 0. The summed E-state index contributed by atoms with van der Waals surface area (Å²) in [4.78, 5) is 7.72. The third-order valence-corrected chi connectivity index (χ3v) is 3.42. The molecule has 4 nitrogen and oxygen atoms in total. The van der Waals surface area contributed by atoms with E-state index in [4.69, 9.17) is 11.5 Å². The van der Waals surface area contributed by atoms with Gasteiger partial charge in [-0.2, -0.15) is 0 Å². The second-order valence-corrected chi connectivity index (χ2v) is 4.76. The van der Waals surface area contributed by atoms with Gasteiger partial charge in [0.1, 0.15) is 0 Å². The van der Waals surface area contributed by atoms with Crippen LogP contribution in [0.3, 0.4) is 0 Å². The van der Waals surface area contributed by atoms with Gasteiger partial charge in [-0.15, -0.1) is 17.0 Å². The number of amidine groups is 2. The van der Waals surface area contributed by atoms with Crippen molar-refractivity contribution in [3.05, 3.63) is 0 Å². The maximum Gasteiger partial charge on any atom is 0.153 e. The first-order chi connectivity index (χ1) is 6.70.